The fraction of sp³-hybridized carbons (Fsp3) is 0.483. The van der Waals surface area contributed by atoms with Crippen molar-refractivity contribution in [1.29, 1.82) is 0 Å². The number of aromatic nitrogens is 1. The first kappa shape index (κ1) is 28.7. The van der Waals surface area contributed by atoms with Crippen LogP contribution in [0, 0.1) is 5.41 Å². The molecule has 1 atom stereocenters. The molecular weight excluding hydrogens is 570 g/mol. The van der Waals surface area contributed by atoms with Crippen LogP contribution >= 0.6 is 0 Å². The molecule has 2 fully saturated rings. The van der Waals surface area contributed by atoms with E-state index in [0.29, 0.717) is 39.0 Å². The Bertz CT molecular complexity index is 1640. The summed E-state index contributed by atoms with van der Waals surface area (Å²) in [6.07, 6.45) is 1.85. The number of alkyl halides is 2. The molecule has 1 saturated heterocycles. The van der Waals surface area contributed by atoms with Crippen molar-refractivity contribution in [3.63, 3.8) is 0 Å². The zero-order valence-electron chi connectivity index (χ0n) is 23.2. The van der Waals surface area contributed by atoms with Gasteiger partial charge in [0.1, 0.15) is 5.75 Å². The number of nitrogens with zero attached hydrogens (tertiary/aromatic N) is 2. The van der Waals surface area contributed by atoms with Crippen LogP contribution in [-0.2, 0) is 16.6 Å². The van der Waals surface area contributed by atoms with Crippen molar-refractivity contribution in [3.8, 4) is 5.75 Å². The van der Waals surface area contributed by atoms with Crippen molar-refractivity contribution >= 4 is 43.9 Å². The highest BCUT2D eigenvalue weighted by atomic mass is 32.2. The number of sulfonamides is 1. The maximum Gasteiger partial charge on any atom is 0.280 e. The molecule has 4 N–H and O–H groups in total. The monoisotopic (exact) mass is 604 g/mol. The molecule has 1 aliphatic carbocycles. The Morgan fingerprint density at radius 1 is 1.07 bits per heavy atom. The Morgan fingerprint density at radius 3 is 2.48 bits per heavy atom. The van der Waals surface area contributed by atoms with Gasteiger partial charge in [0.2, 0.25) is 10.0 Å². The molecule has 2 aliphatic heterocycles. The maximum atomic E-state index is 14.3. The lowest BCUT2D eigenvalue weighted by atomic mass is 9.93. The second kappa shape index (κ2) is 10.4. The molecule has 1 spiro atoms. The largest absolute Gasteiger partial charge is 0.495 e. The molecule has 1 amide bonds. The number of ether oxygens (including phenoxy) is 1. The molecule has 6 rings (SSSR count). The first-order valence-electron chi connectivity index (χ1n) is 14.0. The van der Waals surface area contributed by atoms with Gasteiger partial charge >= 0.3 is 0 Å². The number of piperidine rings is 1. The Labute approximate surface area is 242 Å². The molecule has 10 nitrogen and oxygen atoms in total. The van der Waals surface area contributed by atoms with Crippen molar-refractivity contribution in [3.05, 3.63) is 47.7 Å². The van der Waals surface area contributed by atoms with Gasteiger partial charge in [-0.3, -0.25) is 9.52 Å². The van der Waals surface area contributed by atoms with Crippen LogP contribution in [-0.4, -0.2) is 67.6 Å². The van der Waals surface area contributed by atoms with Crippen molar-refractivity contribution in [1.82, 2.24) is 4.57 Å². The zero-order chi connectivity index (χ0) is 29.9. The third-order valence-corrected chi connectivity index (χ3v) is 10.1. The van der Waals surface area contributed by atoms with Gasteiger partial charge in [-0.15, -0.1) is 0 Å². The summed E-state index contributed by atoms with van der Waals surface area (Å²) < 4.78 is 62.9. The summed E-state index contributed by atoms with van der Waals surface area (Å²) in [6, 6.07) is 9.42. The highest BCUT2D eigenvalue weighted by Gasteiger charge is 2.46. The number of halogens is 2. The maximum absolute atomic E-state index is 14.3. The standard InChI is InChI=1S/C29H34F2N4O6S/c1-41-24-5-4-21(20-17-23-26(37)29(30,31)10-13-35(23)25(20)24)32-27(38)19-3-2-18(33-42(39,40)15-14-36)16-22(19)34-11-8-28(6-7-28)9-12-34/h2-5,16-17,26,33,36-37H,6-15H2,1H3,(H,32,38). The molecular formula is C29H34F2N4O6S. The minimum Gasteiger partial charge on any atom is -0.495 e. The van der Waals surface area contributed by atoms with Crippen molar-refractivity contribution < 1.29 is 36.9 Å². The predicted molar refractivity (Wildman–Crippen MR) is 155 cm³/mol. The molecule has 3 aliphatic rings. The number of aliphatic hydroxyl groups is 2. The summed E-state index contributed by atoms with van der Waals surface area (Å²) in [7, 11) is -2.31. The van der Waals surface area contributed by atoms with Crippen LogP contribution in [0.2, 0.25) is 0 Å². The van der Waals surface area contributed by atoms with Crippen LogP contribution in [0.4, 0.5) is 25.8 Å². The SMILES string of the molecule is COc1ccc(NC(=O)c2ccc(NS(=O)(=O)CCO)cc2N2CCC3(CC2)CC3)c2cc3n(c12)CCC(F)(F)C3O. The van der Waals surface area contributed by atoms with Gasteiger partial charge in [-0.05, 0) is 67.5 Å². The van der Waals surface area contributed by atoms with Gasteiger partial charge in [0, 0.05) is 31.4 Å². The minimum absolute atomic E-state index is 0.0229. The molecule has 3 aromatic rings. The third-order valence-electron chi connectivity index (χ3n) is 8.87. The van der Waals surface area contributed by atoms with Crippen LogP contribution in [0.3, 0.4) is 0 Å². The number of nitrogens with one attached hydrogen (secondary N) is 2. The summed E-state index contributed by atoms with van der Waals surface area (Å²) in [4.78, 5) is 15.9. The summed E-state index contributed by atoms with van der Waals surface area (Å²) in [6.45, 7) is 0.895. The summed E-state index contributed by atoms with van der Waals surface area (Å²) in [5, 5.41) is 22.9. The molecule has 1 aromatic heterocycles. The number of hydrogen-bond donors (Lipinski definition) is 4. The van der Waals surface area contributed by atoms with E-state index in [0.717, 1.165) is 25.9 Å². The number of methoxy groups -OCH3 is 1. The molecule has 42 heavy (non-hydrogen) atoms. The Kier molecular flexibility index (Phi) is 7.09. The van der Waals surface area contributed by atoms with E-state index >= 15 is 0 Å². The first-order valence-corrected chi connectivity index (χ1v) is 15.7. The fourth-order valence-electron chi connectivity index (χ4n) is 6.21. The topological polar surface area (TPSA) is 133 Å². The van der Waals surface area contributed by atoms with E-state index in [2.05, 4.69) is 14.9 Å². The highest BCUT2D eigenvalue weighted by Crippen LogP contribution is 2.54. The number of carbonyl (C=O) groups excluding carboxylic acids is 1. The molecule has 1 unspecified atom stereocenters. The Morgan fingerprint density at radius 2 is 1.81 bits per heavy atom. The smallest absolute Gasteiger partial charge is 0.280 e. The molecule has 3 heterocycles. The normalized spacial score (nSPS) is 20.8. The summed E-state index contributed by atoms with van der Waals surface area (Å²) in [5.74, 6) is -3.76. The zero-order valence-corrected chi connectivity index (χ0v) is 24.0. The van der Waals surface area contributed by atoms with Gasteiger partial charge in [-0.25, -0.2) is 17.2 Å². The number of aliphatic hydroxyl groups excluding tert-OH is 2. The van der Waals surface area contributed by atoms with Gasteiger partial charge in [0.25, 0.3) is 11.8 Å². The number of rotatable bonds is 8. The van der Waals surface area contributed by atoms with Crippen LogP contribution in [0.5, 0.6) is 5.75 Å². The van der Waals surface area contributed by atoms with Crippen molar-refractivity contribution in [2.45, 2.75) is 50.7 Å². The number of carbonyl (C=O) groups is 1. The highest BCUT2D eigenvalue weighted by molar-refractivity contribution is 7.92. The lowest BCUT2D eigenvalue weighted by molar-refractivity contribution is -0.130. The number of fused-ring (bicyclic) bond motifs is 3. The quantitative estimate of drug-likeness (QED) is 0.305. The lowest BCUT2D eigenvalue weighted by Gasteiger charge is -2.35. The second-order valence-corrected chi connectivity index (χ2v) is 13.4. The second-order valence-electron chi connectivity index (χ2n) is 11.5. The van der Waals surface area contributed by atoms with Crippen molar-refractivity contribution in [2.75, 3.05) is 47.5 Å². The van der Waals surface area contributed by atoms with E-state index in [-0.39, 0.29) is 17.9 Å². The lowest BCUT2D eigenvalue weighted by Crippen LogP contribution is -2.35. The van der Waals surface area contributed by atoms with E-state index in [4.69, 9.17) is 9.84 Å². The summed E-state index contributed by atoms with van der Waals surface area (Å²) >= 11 is 0. The van der Waals surface area contributed by atoms with Gasteiger partial charge in [-0.1, -0.05) is 0 Å². The molecule has 226 valence electrons. The Balaban J connectivity index is 1.36. The molecule has 0 radical (unpaired) electrons. The minimum atomic E-state index is -3.78. The van der Waals surface area contributed by atoms with Crippen LogP contribution < -0.4 is 19.7 Å². The molecule has 13 heteroatoms. The van der Waals surface area contributed by atoms with Gasteiger partial charge in [-0.2, -0.15) is 0 Å². The molecule has 1 saturated carbocycles. The van der Waals surface area contributed by atoms with E-state index in [1.165, 1.54) is 32.1 Å². The van der Waals surface area contributed by atoms with Crippen LogP contribution in [0.1, 0.15) is 54.3 Å². The van der Waals surface area contributed by atoms with Gasteiger partial charge < -0.3 is 29.7 Å². The van der Waals surface area contributed by atoms with Gasteiger partial charge in [0.15, 0.2) is 6.10 Å². The van der Waals surface area contributed by atoms with E-state index in [1.54, 1.807) is 28.8 Å². The average Bonchev–Trinajstić information content (AvgIpc) is 3.58. The molecule has 0 bridgehead atoms. The number of anilines is 3. The number of hydrogen-bond acceptors (Lipinski definition) is 7. The number of benzene rings is 2. The fourth-order valence-corrected chi connectivity index (χ4v) is 7.04. The Hall–Kier alpha value is -3.42. The number of aryl methyl sites for hydroxylation is 1. The van der Waals surface area contributed by atoms with E-state index in [1.807, 2.05) is 0 Å². The number of amides is 1. The van der Waals surface area contributed by atoms with Gasteiger partial charge in [0.05, 0.1) is 53.3 Å². The average molecular weight is 605 g/mol. The van der Waals surface area contributed by atoms with Crippen LogP contribution in [0.25, 0.3) is 10.9 Å². The first-order chi connectivity index (χ1) is 20.0. The van der Waals surface area contributed by atoms with Crippen molar-refractivity contribution in [2.24, 2.45) is 5.41 Å². The van der Waals surface area contributed by atoms with Crippen LogP contribution in [0.15, 0.2) is 36.4 Å². The molecule has 2 aromatic carbocycles. The van der Waals surface area contributed by atoms with E-state index < -0.39 is 46.7 Å². The third kappa shape index (κ3) is 5.18. The predicted octanol–water partition coefficient (Wildman–Crippen LogP) is 4.09. The summed E-state index contributed by atoms with van der Waals surface area (Å²) in [5.41, 5.74) is 2.47. The van der Waals surface area contributed by atoms with E-state index in [9.17, 15) is 27.1 Å².